The summed E-state index contributed by atoms with van der Waals surface area (Å²) >= 11 is 1.50. The van der Waals surface area contributed by atoms with Crippen LogP contribution in [0.3, 0.4) is 0 Å². The lowest BCUT2D eigenvalue weighted by Gasteiger charge is -2.16. The van der Waals surface area contributed by atoms with Gasteiger partial charge in [0.15, 0.2) is 4.96 Å². The highest BCUT2D eigenvalue weighted by molar-refractivity contribution is 7.15. The van der Waals surface area contributed by atoms with Crippen molar-refractivity contribution >= 4 is 22.2 Å². The zero-order chi connectivity index (χ0) is 16.7. The van der Waals surface area contributed by atoms with Gasteiger partial charge in [-0.3, -0.25) is 19.2 Å². The minimum Gasteiger partial charge on any atom is -0.391 e. The summed E-state index contributed by atoms with van der Waals surface area (Å²) in [6, 6.07) is 0. The van der Waals surface area contributed by atoms with E-state index in [4.69, 9.17) is 0 Å². The molecule has 7 nitrogen and oxygen atoms in total. The number of amides is 1. The fraction of sp³-hybridized carbons (Fsp3) is 0.375. The molecule has 1 N–H and O–H groups in total. The van der Waals surface area contributed by atoms with Crippen LogP contribution in [0.5, 0.6) is 0 Å². The van der Waals surface area contributed by atoms with Gasteiger partial charge in [0.1, 0.15) is 5.69 Å². The normalized spacial score (nSPS) is 20.8. The minimum absolute atomic E-state index is 0.0307. The highest BCUT2D eigenvalue weighted by Crippen LogP contribution is 2.24. The van der Waals surface area contributed by atoms with E-state index in [-0.39, 0.29) is 11.8 Å². The van der Waals surface area contributed by atoms with Crippen molar-refractivity contribution in [3.05, 3.63) is 47.2 Å². The molecule has 1 amide bonds. The molecule has 0 unspecified atom stereocenters. The van der Waals surface area contributed by atoms with Gasteiger partial charge >= 0.3 is 0 Å². The Bertz CT molecular complexity index is 875. The average molecular weight is 343 g/mol. The molecule has 4 rings (SSSR count). The molecule has 1 aliphatic heterocycles. The zero-order valence-corrected chi connectivity index (χ0v) is 14.0. The molecule has 3 aromatic rings. The number of hydrogen-bond donors (Lipinski definition) is 1. The number of carbonyl (C=O) groups is 1. The van der Waals surface area contributed by atoms with Crippen LogP contribution in [0.25, 0.3) is 4.96 Å². The molecule has 0 spiro atoms. The van der Waals surface area contributed by atoms with Gasteiger partial charge in [-0.1, -0.05) is 0 Å². The summed E-state index contributed by atoms with van der Waals surface area (Å²) in [7, 11) is 0. The molecule has 2 atom stereocenters. The van der Waals surface area contributed by atoms with Crippen molar-refractivity contribution in [3.8, 4) is 0 Å². The summed E-state index contributed by atoms with van der Waals surface area (Å²) in [5.41, 5.74) is 2.13. The van der Waals surface area contributed by atoms with Gasteiger partial charge in [-0.25, -0.2) is 4.98 Å². The Balaban J connectivity index is 1.54. The third-order valence-corrected chi connectivity index (χ3v) is 5.18. The first-order chi connectivity index (χ1) is 11.6. The topological polar surface area (TPSA) is 83.6 Å². The molecule has 1 aliphatic rings. The minimum atomic E-state index is -0.554. The highest BCUT2D eigenvalue weighted by Gasteiger charge is 2.36. The Kier molecular flexibility index (Phi) is 3.78. The van der Waals surface area contributed by atoms with Crippen LogP contribution in [0.15, 0.2) is 30.2 Å². The van der Waals surface area contributed by atoms with E-state index >= 15 is 0 Å². The van der Waals surface area contributed by atoms with Crippen molar-refractivity contribution in [1.82, 2.24) is 24.3 Å². The summed E-state index contributed by atoms with van der Waals surface area (Å²) in [6.45, 7) is 2.68. The summed E-state index contributed by atoms with van der Waals surface area (Å²) in [5.74, 6) is -0.115. The Morgan fingerprint density at radius 2 is 2.29 bits per heavy atom. The molecule has 0 aliphatic carbocycles. The number of thiazole rings is 1. The van der Waals surface area contributed by atoms with E-state index in [1.54, 1.807) is 23.5 Å². The van der Waals surface area contributed by atoms with Gasteiger partial charge < -0.3 is 10.0 Å². The summed E-state index contributed by atoms with van der Waals surface area (Å²) in [4.78, 5) is 28.2. The fourth-order valence-electron chi connectivity index (χ4n) is 3.23. The number of imidazole rings is 1. The largest absolute Gasteiger partial charge is 0.391 e. The first kappa shape index (κ1) is 15.2. The standard InChI is InChI=1S/C16H17N5O2S/c1-10-14(21-4-5-24-16(21)19-10)15(23)20-8-11(13(22)9-20)6-12-7-17-2-3-18-12/h2-5,7,11,13,22H,6,8-9H2,1H3/t11-,13-/m1/s1. The lowest BCUT2D eigenvalue weighted by molar-refractivity contribution is 0.0757. The second kappa shape index (κ2) is 5.95. The molecule has 1 saturated heterocycles. The molecule has 0 aromatic carbocycles. The molecule has 0 saturated carbocycles. The van der Waals surface area contributed by atoms with Crippen molar-refractivity contribution in [1.29, 1.82) is 0 Å². The average Bonchev–Trinajstić information content (AvgIpc) is 3.23. The third kappa shape index (κ3) is 2.57. The van der Waals surface area contributed by atoms with Crippen LogP contribution in [0.1, 0.15) is 21.9 Å². The number of rotatable bonds is 3. The van der Waals surface area contributed by atoms with Crippen molar-refractivity contribution < 1.29 is 9.90 Å². The molecule has 0 bridgehead atoms. The Hall–Kier alpha value is -2.32. The lowest BCUT2D eigenvalue weighted by atomic mass is 10.0. The molecular weight excluding hydrogens is 326 g/mol. The second-order valence-corrected chi connectivity index (χ2v) is 6.91. The molecular formula is C16H17N5O2S. The number of β-amino-alcohol motifs (C(OH)–C–C–N with tert-alkyl or cyclic N) is 1. The van der Waals surface area contributed by atoms with Gasteiger partial charge in [0, 0.05) is 49.2 Å². The number of nitrogens with zero attached hydrogens (tertiary/aromatic N) is 5. The molecule has 124 valence electrons. The van der Waals surface area contributed by atoms with Gasteiger partial charge in [-0.2, -0.15) is 0 Å². The smallest absolute Gasteiger partial charge is 0.272 e. The van der Waals surface area contributed by atoms with E-state index in [0.29, 0.717) is 25.2 Å². The predicted molar refractivity (Wildman–Crippen MR) is 88.9 cm³/mol. The lowest BCUT2D eigenvalue weighted by Crippen LogP contribution is -2.31. The number of fused-ring (bicyclic) bond motifs is 1. The number of aryl methyl sites for hydroxylation is 1. The van der Waals surface area contributed by atoms with Crippen molar-refractivity contribution in [2.75, 3.05) is 13.1 Å². The SMILES string of the molecule is Cc1nc2sccn2c1C(=O)N1C[C@@H](Cc2cnccn2)[C@H](O)C1. The van der Waals surface area contributed by atoms with E-state index in [1.807, 2.05) is 22.9 Å². The highest BCUT2D eigenvalue weighted by atomic mass is 32.1. The first-order valence-corrected chi connectivity index (χ1v) is 8.66. The van der Waals surface area contributed by atoms with E-state index in [9.17, 15) is 9.90 Å². The third-order valence-electron chi connectivity index (χ3n) is 4.42. The van der Waals surface area contributed by atoms with Gasteiger partial charge in [0.2, 0.25) is 0 Å². The van der Waals surface area contributed by atoms with Gasteiger partial charge in [0.05, 0.1) is 17.5 Å². The van der Waals surface area contributed by atoms with Crippen molar-refractivity contribution in [3.63, 3.8) is 0 Å². The van der Waals surface area contributed by atoms with Crippen molar-refractivity contribution in [2.24, 2.45) is 5.92 Å². The molecule has 1 fully saturated rings. The maximum absolute atomic E-state index is 12.9. The summed E-state index contributed by atoms with van der Waals surface area (Å²) in [5, 5.41) is 12.3. The number of hydrogen-bond acceptors (Lipinski definition) is 6. The predicted octanol–water partition coefficient (Wildman–Crippen LogP) is 1.17. The van der Waals surface area contributed by atoms with Crippen LogP contribution < -0.4 is 0 Å². The Labute approximate surface area is 142 Å². The maximum atomic E-state index is 12.9. The number of aromatic nitrogens is 4. The molecule has 8 heteroatoms. The first-order valence-electron chi connectivity index (χ1n) is 7.78. The number of likely N-dealkylation sites (tertiary alicyclic amines) is 1. The van der Waals surface area contributed by atoms with Crippen molar-refractivity contribution in [2.45, 2.75) is 19.4 Å². The summed E-state index contributed by atoms with van der Waals surface area (Å²) in [6.07, 6.45) is 6.88. The van der Waals surface area contributed by atoms with E-state index in [0.717, 1.165) is 16.3 Å². The zero-order valence-electron chi connectivity index (χ0n) is 13.2. The van der Waals surface area contributed by atoms with E-state index in [2.05, 4.69) is 15.0 Å². The fourth-order valence-corrected chi connectivity index (χ4v) is 3.99. The van der Waals surface area contributed by atoms with Gasteiger partial charge in [-0.15, -0.1) is 11.3 Å². The number of aliphatic hydroxyl groups excluding tert-OH is 1. The van der Waals surface area contributed by atoms with Gasteiger partial charge in [-0.05, 0) is 13.3 Å². The second-order valence-electron chi connectivity index (χ2n) is 6.04. The monoisotopic (exact) mass is 343 g/mol. The molecule has 24 heavy (non-hydrogen) atoms. The Morgan fingerprint density at radius 1 is 1.42 bits per heavy atom. The van der Waals surface area contributed by atoms with E-state index in [1.165, 1.54) is 11.3 Å². The van der Waals surface area contributed by atoms with Crippen LogP contribution in [0, 0.1) is 12.8 Å². The molecule has 4 heterocycles. The number of carbonyl (C=O) groups excluding carboxylic acids is 1. The number of aliphatic hydroxyl groups is 1. The van der Waals surface area contributed by atoms with Gasteiger partial charge in [0.25, 0.3) is 5.91 Å². The molecule has 3 aromatic heterocycles. The van der Waals surface area contributed by atoms with Crippen LogP contribution in [-0.2, 0) is 6.42 Å². The molecule has 0 radical (unpaired) electrons. The van der Waals surface area contributed by atoms with Crippen LogP contribution in [0.4, 0.5) is 0 Å². The Morgan fingerprint density at radius 3 is 3.08 bits per heavy atom. The maximum Gasteiger partial charge on any atom is 0.272 e. The van der Waals surface area contributed by atoms with Crippen LogP contribution in [0.2, 0.25) is 0 Å². The summed E-state index contributed by atoms with van der Waals surface area (Å²) < 4.78 is 1.82. The van der Waals surface area contributed by atoms with E-state index < -0.39 is 6.10 Å². The quantitative estimate of drug-likeness (QED) is 0.772. The van der Waals surface area contributed by atoms with Crippen LogP contribution in [-0.4, -0.2) is 54.5 Å². The van der Waals surface area contributed by atoms with Crippen LogP contribution >= 0.6 is 11.3 Å².